The molecule has 0 amide bonds. The lowest BCUT2D eigenvalue weighted by molar-refractivity contribution is -0.160. The molecule has 0 aliphatic carbocycles. The zero-order valence-corrected chi connectivity index (χ0v) is 12.0. The van der Waals surface area contributed by atoms with Gasteiger partial charge in [-0.25, -0.2) is 0 Å². The number of esters is 1. The second kappa shape index (κ2) is 5.65. The van der Waals surface area contributed by atoms with Crippen molar-refractivity contribution in [2.24, 2.45) is 0 Å². The van der Waals surface area contributed by atoms with Gasteiger partial charge in [-0.2, -0.15) is 0 Å². The summed E-state index contributed by atoms with van der Waals surface area (Å²) >= 11 is 1.70. The highest BCUT2D eigenvalue weighted by atomic mass is 32.1. The largest absolute Gasteiger partial charge is 0.459 e. The number of carbonyl (C=O) groups is 1. The van der Waals surface area contributed by atoms with Gasteiger partial charge in [-0.3, -0.25) is 9.69 Å². The number of nitrogens with zero attached hydrogens (tertiary/aromatic N) is 1. The monoisotopic (exact) mass is 255 g/mol. The van der Waals surface area contributed by atoms with Crippen molar-refractivity contribution >= 4 is 17.3 Å². The molecule has 0 aromatic carbocycles. The Labute approximate surface area is 107 Å². The Kier molecular flexibility index (Phi) is 4.71. The number of hydrogen-bond acceptors (Lipinski definition) is 4. The molecule has 0 aliphatic rings. The van der Waals surface area contributed by atoms with Crippen LogP contribution in [-0.4, -0.2) is 29.6 Å². The van der Waals surface area contributed by atoms with Crippen molar-refractivity contribution < 1.29 is 9.53 Å². The van der Waals surface area contributed by atoms with E-state index in [1.165, 1.54) is 4.88 Å². The van der Waals surface area contributed by atoms with Crippen LogP contribution in [0.2, 0.25) is 0 Å². The van der Waals surface area contributed by atoms with Gasteiger partial charge in [0.1, 0.15) is 11.6 Å². The molecule has 0 spiro atoms. The fourth-order valence-electron chi connectivity index (χ4n) is 1.35. The maximum atomic E-state index is 11.9. The van der Waals surface area contributed by atoms with E-state index in [1.54, 1.807) is 11.3 Å². The van der Waals surface area contributed by atoms with Gasteiger partial charge in [0.2, 0.25) is 0 Å². The molecule has 0 saturated heterocycles. The van der Waals surface area contributed by atoms with E-state index in [2.05, 4.69) is 6.07 Å². The molecule has 3 nitrogen and oxygen atoms in total. The highest BCUT2D eigenvalue weighted by Crippen LogP contribution is 2.15. The Morgan fingerprint density at radius 2 is 2.18 bits per heavy atom. The summed E-state index contributed by atoms with van der Waals surface area (Å²) in [6.07, 6.45) is 0. The highest BCUT2D eigenvalue weighted by molar-refractivity contribution is 7.09. The van der Waals surface area contributed by atoms with Gasteiger partial charge in [-0.1, -0.05) is 6.07 Å². The average molecular weight is 255 g/mol. The molecule has 0 aliphatic heterocycles. The smallest absolute Gasteiger partial charge is 0.323 e. The topological polar surface area (TPSA) is 29.5 Å². The summed E-state index contributed by atoms with van der Waals surface area (Å²) in [6.45, 7) is 8.31. The molecule has 1 atom stereocenters. The van der Waals surface area contributed by atoms with Gasteiger partial charge in [0.05, 0.1) is 0 Å². The van der Waals surface area contributed by atoms with Crippen molar-refractivity contribution in [3.63, 3.8) is 0 Å². The molecule has 0 saturated carbocycles. The van der Waals surface area contributed by atoms with Crippen molar-refractivity contribution in [1.82, 2.24) is 4.90 Å². The Bertz CT molecular complexity index is 354. The van der Waals surface area contributed by atoms with Crippen LogP contribution >= 0.6 is 11.3 Å². The fourth-order valence-corrected chi connectivity index (χ4v) is 2.12. The summed E-state index contributed by atoms with van der Waals surface area (Å²) in [5.74, 6) is -0.170. The first-order chi connectivity index (χ1) is 7.79. The van der Waals surface area contributed by atoms with Gasteiger partial charge in [0.15, 0.2) is 0 Å². The number of likely N-dealkylation sites (N-methyl/N-ethyl adjacent to an activating group) is 1. The van der Waals surface area contributed by atoms with Crippen LogP contribution in [0.4, 0.5) is 0 Å². The van der Waals surface area contributed by atoms with E-state index in [9.17, 15) is 4.79 Å². The predicted octanol–water partition coefficient (Wildman–Crippen LogP) is 2.91. The summed E-state index contributed by atoms with van der Waals surface area (Å²) < 4.78 is 5.36. The Morgan fingerprint density at radius 3 is 2.65 bits per heavy atom. The average Bonchev–Trinajstić information content (AvgIpc) is 2.66. The Morgan fingerprint density at radius 1 is 1.53 bits per heavy atom. The lowest BCUT2D eigenvalue weighted by Crippen LogP contribution is -2.39. The van der Waals surface area contributed by atoms with Crippen LogP contribution in [0.15, 0.2) is 17.5 Å². The molecule has 1 heterocycles. The number of hydrogen-bond donors (Lipinski definition) is 0. The van der Waals surface area contributed by atoms with E-state index in [-0.39, 0.29) is 12.0 Å². The first kappa shape index (κ1) is 14.2. The second-order valence-corrected chi connectivity index (χ2v) is 6.24. The number of carbonyl (C=O) groups excluding carboxylic acids is 1. The SMILES string of the molecule is CC(C(=O)OC(C)(C)C)N(C)Cc1cccs1. The fraction of sp³-hybridized carbons (Fsp3) is 0.615. The standard InChI is InChI=1S/C13H21NO2S/c1-10(12(15)16-13(2,3)4)14(5)9-11-7-6-8-17-11/h6-8,10H,9H2,1-5H3. The molecule has 1 aromatic heterocycles. The number of thiophene rings is 1. The van der Waals surface area contributed by atoms with E-state index in [0.29, 0.717) is 0 Å². The minimum atomic E-state index is -0.422. The quantitative estimate of drug-likeness (QED) is 0.775. The van der Waals surface area contributed by atoms with Gasteiger partial charge >= 0.3 is 5.97 Å². The van der Waals surface area contributed by atoms with E-state index < -0.39 is 5.60 Å². The first-order valence-electron chi connectivity index (χ1n) is 5.75. The van der Waals surface area contributed by atoms with Gasteiger partial charge in [-0.15, -0.1) is 11.3 Å². The summed E-state index contributed by atoms with van der Waals surface area (Å²) in [5.41, 5.74) is -0.422. The molecule has 0 bridgehead atoms. The van der Waals surface area contributed by atoms with Crippen LogP contribution in [0.5, 0.6) is 0 Å². The molecule has 1 unspecified atom stereocenters. The van der Waals surface area contributed by atoms with Crippen LogP contribution in [-0.2, 0) is 16.1 Å². The summed E-state index contributed by atoms with van der Waals surface area (Å²) in [4.78, 5) is 15.1. The summed E-state index contributed by atoms with van der Waals surface area (Å²) in [6, 6.07) is 3.87. The molecule has 0 radical (unpaired) electrons. The van der Waals surface area contributed by atoms with Gasteiger partial charge in [0, 0.05) is 11.4 Å². The zero-order valence-electron chi connectivity index (χ0n) is 11.2. The van der Waals surface area contributed by atoms with Crippen molar-refractivity contribution in [2.75, 3.05) is 7.05 Å². The zero-order chi connectivity index (χ0) is 13.1. The molecular weight excluding hydrogens is 234 g/mol. The number of rotatable bonds is 4. The van der Waals surface area contributed by atoms with Crippen molar-refractivity contribution in [1.29, 1.82) is 0 Å². The lowest BCUT2D eigenvalue weighted by atomic mass is 10.2. The minimum absolute atomic E-state index is 0.170. The minimum Gasteiger partial charge on any atom is -0.459 e. The first-order valence-corrected chi connectivity index (χ1v) is 6.63. The molecule has 17 heavy (non-hydrogen) atoms. The maximum absolute atomic E-state index is 11.9. The predicted molar refractivity (Wildman–Crippen MR) is 71.1 cm³/mol. The van der Waals surface area contributed by atoms with E-state index >= 15 is 0 Å². The van der Waals surface area contributed by atoms with Crippen LogP contribution in [0.25, 0.3) is 0 Å². The van der Waals surface area contributed by atoms with Crippen molar-refractivity contribution in [2.45, 2.75) is 45.9 Å². The van der Waals surface area contributed by atoms with Gasteiger partial charge < -0.3 is 4.74 Å². The molecule has 1 aromatic rings. The molecule has 0 fully saturated rings. The van der Waals surface area contributed by atoms with E-state index in [0.717, 1.165) is 6.54 Å². The van der Waals surface area contributed by atoms with E-state index in [4.69, 9.17) is 4.74 Å². The third-order valence-corrected chi connectivity index (χ3v) is 3.26. The molecule has 4 heteroatoms. The third kappa shape index (κ3) is 4.88. The summed E-state index contributed by atoms with van der Waals surface area (Å²) in [7, 11) is 1.94. The van der Waals surface area contributed by atoms with Crippen LogP contribution in [0, 0.1) is 0 Å². The lowest BCUT2D eigenvalue weighted by Gasteiger charge is -2.27. The normalized spacial score (nSPS) is 13.8. The maximum Gasteiger partial charge on any atom is 0.323 e. The van der Waals surface area contributed by atoms with E-state index in [1.807, 2.05) is 51.1 Å². The second-order valence-electron chi connectivity index (χ2n) is 5.20. The van der Waals surface area contributed by atoms with Crippen LogP contribution in [0.1, 0.15) is 32.6 Å². The number of ether oxygens (including phenoxy) is 1. The third-order valence-electron chi connectivity index (χ3n) is 2.39. The molecule has 96 valence electrons. The van der Waals surface area contributed by atoms with Crippen molar-refractivity contribution in [3.8, 4) is 0 Å². The van der Waals surface area contributed by atoms with Gasteiger partial charge in [-0.05, 0) is 46.2 Å². The molecule has 1 rings (SSSR count). The Balaban J connectivity index is 2.51. The molecule has 0 N–H and O–H groups in total. The Hall–Kier alpha value is -0.870. The van der Waals surface area contributed by atoms with Crippen LogP contribution in [0.3, 0.4) is 0 Å². The van der Waals surface area contributed by atoms with Crippen LogP contribution < -0.4 is 0 Å². The summed E-state index contributed by atoms with van der Waals surface area (Å²) in [5, 5.41) is 2.04. The molecular formula is C13H21NO2S. The van der Waals surface area contributed by atoms with Crippen molar-refractivity contribution in [3.05, 3.63) is 22.4 Å². The van der Waals surface area contributed by atoms with Gasteiger partial charge in [0.25, 0.3) is 0 Å². The highest BCUT2D eigenvalue weighted by Gasteiger charge is 2.24.